The van der Waals surface area contributed by atoms with Crippen molar-refractivity contribution < 1.29 is 14.7 Å². The minimum atomic E-state index is -0.928. The monoisotopic (exact) mass is 201 g/mol. The first-order valence-corrected chi connectivity index (χ1v) is 5.03. The smallest absolute Gasteiger partial charge is 0.327 e. The summed E-state index contributed by atoms with van der Waals surface area (Å²) in [4.78, 5) is 23.4. The van der Waals surface area contributed by atoms with Gasteiger partial charge in [-0.15, -0.1) is 18.3 Å². The average Bonchev–Trinajstić information content (AvgIpc) is 2.52. The number of carboxylic acids is 1. The van der Waals surface area contributed by atoms with Gasteiger partial charge in [0.2, 0.25) is 5.91 Å². The molecule has 1 N–H and O–H groups in total. The second-order valence-corrected chi connectivity index (χ2v) is 3.71. The molecule has 0 spiro atoms. The number of carboxylic acid groups (broad SMARTS) is 1. The lowest BCUT2D eigenvalue weighted by molar-refractivity contribution is -0.147. The van der Waals surface area contributed by atoms with E-state index in [4.69, 9.17) is 5.11 Å². The molecule has 1 fully saturated rings. The van der Waals surface area contributed by atoms with E-state index in [9.17, 15) is 9.59 Å². The fourth-order valence-electron chi connectivity index (χ4n) is 1.13. The van der Waals surface area contributed by atoms with E-state index in [0.29, 0.717) is 11.6 Å². The molecule has 1 aliphatic rings. The molecule has 0 saturated carbocycles. The van der Waals surface area contributed by atoms with Crippen molar-refractivity contribution in [3.63, 3.8) is 0 Å². The molecular formula is C8H11NO3S. The molecule has 0 aliphatic carbocycles. The van der Waals surface area contributed by atoms with E-state index in [-0.39, 0.29) is 12.3 Å². The molecule has 1 amide bonds. The zero-order chi connectivity index (χ0) is 9.84. The van der Waals surface area contributed by atoms with E-state index in [1.54, 1.807) is 0 Å². The largest absolute Gasteiger partial charge is 0.480 e. The summed E-state index contributed by atoms with van der Waals surface area (Å²) in [7, 11) is 0. The Balaban J connectivity index is 2.62. The summed E-state index contributed by atoms with van der Waals surface area (Å²) in [5.74, 6) is -0.128. The van der Waals surface area contributed by atoms with Crippen LogP contribution in [0.25, 0.3) is 0 Å². The number of hydrogen-bond acceptors (Lipinski definition) is 3. The Morgan fingerprint density at radius 3 is 2.92 bits per heavy atom. The van der Waals surface area contributed by atoms with E-state index in [2.05, 4.69) is 6.58 Å². The van der Waals surface area contributed by atoms with E-state index in [1.807, 2.05) is 0 Å². The van der Waals surface area contributed by atoms with Gasteiger partial charge in [0, 0.05) is 12.2 Å². The summed E-state index contributed by atoms with van der Waals surface area (Å²) in [5, 5.41) is 8.77. The third-order valence-corrected chi connectivity index (χ3v) is 2.82. The summed E-state index contributed by atoms with van der Waals surface area (Å²) < 4.78 is 0. The molecule has 4 nitrogen and oxygen atoms in total. The fourth-order valence-corrected chi connectivity index (χ4v) is 2.31. The van der Waals surface area contributed by atoms with Crippen LogP contribution in [0.3, 0.4) is 0 Å². The van der Waals surface area contributed by atoms with Gasteiger partial charge in [-0.25, -0.2) is 4.79 Å². The average molecular weight is 201 g/mol. The van der Waals surface area contributed by atoms with Crippen LogP contribution in [0.5, 0.6) is 0 Å². The highest BCUT2D eigenvalue weighted by Crippen LogP contribution is 2.21. The molecular weight excluding hydrogens is 190 g/mol. The maximum absolute atomic E-state index is 11.3. The van der Waals surface area contributed by atoms with Gasteiger partial charge in [0.1, 0.15) is 6.04 Å². The maximum atomic E-state index is 11.3. The molecule has 1 rings (SSSR count). The van der Waals surface area contributed by atoms with Gasteiger partial charge in [0.25, 0.3) is 0 Å². The Labute approximate surface area is 80.6 Å². The number of thioether (sulfide) groups is 1. The highest BCUT2D eigenvalue weighted by molar-refractivity contribution is 7.99. The zero-order valence-electron chi connectivity index (χ0n) is 7.10. The molecule has 5 heteroatoms. The highest BCUT2D eigenvalue weighted by Gasteiger charge is 2.33. The van der Waals surface area contributed by atoms with Crippen LogP contribution < -0.4 is 0 Å². The third kappa shape index (κ3) is 2.24. The van der Waals surface area contributed by atoms with Crippen molar-refractivity contribution in [2.45, 2.75) is 12.5 Å². The van der Waals surface area contributed by atoms with Crippen molar-refractivity contribution in [3.8, 4) is 0 Å². The van der Waals surface area contributed by atoms with Gasteiger partial charge in [-0.1, -0.05) is 6.08 Å². The topological polar surface area (TPSA) is 57.6 Å². The molecule has 0 aromatic heterocycles. The molecule has 0 radical (unpaired) electrons. The van der Waals surface area contributed by atoms with Crippen molar-refractivity contribution in [1.82, 2.24) is 4.90 Å². The van der Waals surface area contributed by atoms with Crippen molar-refractivity contribution >= 4 is 23.6 Å². The van der Waals surface area contributed by atoms with Gasteiger partial charge in [0.05, 0.1) is 5.88 Å². The van der Waals surface area contributed by atoms with E-state index in [1.165, 1.54) is 22.7 Å². The van der Waals surface area contributed by atoms with Crippen LogP contribution in [0.1, 0.15) is 6.42 Å². The number of hydrogen-bond donors (Lipinski definition) is 1. The minimum absolute atomic E-state index is 0.160. The van der Waals surface area contributed by atoms with Crippen molar-refractivity contribution in [1.29, 1.82) is 0 Å². The first kappa shape index (κ1) is 10.1. The lowest BCUT2D eigenvalue weighted by Crippen LogP contribution is -2.41. The lowest BCUT2D eigenvalue weighted by atomic mass is 10.2. The number of carbonyl (C=O) groups excluding carboxylic acids is 1. The van der Waals surface area contributed by atoms with E-state index >= 15 is 0 Å². The van der Waals surface area contributed by atoms with Gasteiger partial charge in [-0.2, -0.15) is 0 Å². The Hall–Kier alpha value is -0.970. The molecule has 0 bridgehead atoms. The van der Waals surface area contributed by atoms with Crippen LogP contribution in [0.4, 0.5) is 0 Å². The Morgan fingerprint density at radius 2 is 2.38 bits per heavy atom. The predicted octanol–water partition coefficient (Wildman–Crippen LogP) is 0.549. The van der Waals surface area contributed by atoms with Crippen LogP contribution in [-0.2, 0) is 9.59 Å². The third-order valence-electron chi connectivity index (χ3n) is 1.81. The molecule has 1 aliphatic heterocycles. The Bertz CT molecular complexity index is 242. The van der Waals surface area contributed by atoms with Gasteiger partial charge < -0.3 is 10.0 Å². The molecule has 72 valence electrons. The summed E-state index contributed by atoms with van der Waals surface area (Å²) in [5.41, 5.74) is 0. The van der Waals surface area contributed by atoms with Crippen molar-refractivity contribution in [2.75, 3.05) is 11.6 Å². The first-order chi connectivity index (χ1) is 6.16. The van der Waals surface area contributed by atoms with Crippen LogP contribution >= 0.6 is 11.8 Å². The van der Waals surface area contributed by atoms with Crippen molar-refractivity contribution in [2.24, 2.45) is 0 Å². The second-order valence-electron chi connectivity index (χ2n) is 2.71. The summed E-state index contributed by atoms with van der Waals surface area (Å²) >= 11 is 1.46. The Kier molecular flexibility index (Phi) is 3.36. The van der Waals surface area contributed by atoms with E-state index in [0.717, 1.165) is 0 Å². The number of amides is 1. The first-order valence-electron chi connectivity index (χ1n) is 3.87. The SMILES string of the molecule is C=CCC(=O)N1CSC[C@H]1C(=O)O. The van der Waals surface area contributed by atoms with Crippen LogP contribution in [0.15, 0.2) is 12.7 Å². The number of nitrogens with zero attached hydrogens (tertiary/aromatic N) is 1. The molecule has 1 atom stereocenters. The van der Waals surface area contributed by atoms with Crippen LogP contribution in [0, 0.1) is 0 Å². The molecule has 0 aromatic rings. The summed E-state index contributed by atoms with van der Waals surface area (Å²) in [6, 6.07) is -0.655. The van der Waals surface area contributed by atoms with Crippen LogP contribution in [-0.4, -0.2) is 39.6 Å². The lowest BCUT2D eigenvalue weighted by Gasteiger charge is -2.19. The van der Waals surface area contributed by atoms with Crippen LogP contribution in [0.2, 0.25) is 0 Å². The zero-order valence-corrected chi connectivity index (χ0v) is 7.92. The van der Waals surface area contributed by atoms with Gasteiger partial charge in [-0.3, -0.25) is 4.79 Å². The highest BCUT2D eigenvalue weighted by atomic mass is 32.2. The quantitative estimate of drug-likeness (QED) is 0.677. The number of aliphatic carboxylic acids is 1. The van der Waals surface area contributed by atoms with Gasteiger partial charge in [0.15, 0.2) is 0 Å². The van der Waals surface area contributed by atoms with Crippen molar-refractivity contribution in [3.05, 3.63) is 12.7 Å². The molecule has 0 unspecified atom stereocenters. The number of carbonyl (C=O) groups is 2. The predicted molar refractivity (Wildman–Crippen MR) is 50.4 cm³/mol. The number of rotatable bonds is 3. The standard InChI is InChI=1S/C8H11NO3S/c1-2-3-7(10)9-5-13-4-6(9)8(11)12/h2,6H,1,3-5H2,(H,11,12)/t6-/m0/s1. The fraction of sp³-hybridized carbons (Fsp3) is 0.500. The van der Waals surface area contributed by atoms with E-state index < -0.39 is 12.0 Å². The maximum Gasteiger partial charge on any atom is 0.327 e. The molecule has 0 aromatic carbocycles. The molecule has 1 saturated heterocycles. The minimum Gasteiger partial charge on any atom is -0.480 e. The summed E-state index contributed by atoms with van der Waals surface area (Å²) in [6.07, 6.45) is 1.70. The van der Waals surface area contributed by atoms with Gasteiger partial charge in [-0.05, 0) is 0 Å². The normalized spacial score (nSPS) is 21.5. The van der Waals surface area contributed by atoms with Gasteiger partial charge >= 0.3 is 5.97 Å². The molecule has 13 heavy (non-hydrogen) atoms. The Morgan fingerprint density at radius 1 is 1.69 bits per heavy atom. The molecule has 1 heterocycles. The second kappa shape index (κ2) is 4.32. The summed E-state index contributed by atoms with van der Waals surface area (Å²) in [6.45, 7) is 3.44.